The summed E-state index contributed by atoms with van der Waals surface area (Å²) in [6.45, 7) is 0. The van der Waals surface area contributed by atoms with Crippen LogP contribution in [0.2, 0.25) is 5.02 Å². The molecule has 0 unspecified atom stereocenters. The first-order chi connectivity index (χ1) is 12.0. The molecule has 0 saturated heterocycles. The van der Waals surface area contributed by atoms with E-state index in [9.17, 15) is 10.1 Å². The summed E-state index contributed by atoms with van der Waals surface area (Å²) in [6.07, 6.45) is 0. The molecule has 25 heavy (non-hydrogen) atoms. The van der Waals surface area contributed by atoms with Crippen LogP contribution < -0.4 is 5.73 Å². The Morgan fingerprint density at radius 3 is 2.24 bits per heavy atom. The van der Waals surface area contributed by atoms with Crippen molar-refractivity contribution in [1.29, 1.82) is 10.5 Å². The van der Waals surface area contributed by atoms with Gasteiger partial charge in [0.25, 0.3) is 0 Å². The Morgan fingerprint density at radius 1 is 1.04 bits per heavy atom. The van der Waals surface area contributed by atoms with E-state index in [1.165, 1.54) is 4.68 Å². The number of nitriles is 2. The number of carbonyl (C=O) groups excluding carboxylic acids is 1. The van der Waals surface area contributed by atoms with Crippen LogP contribution in [0.5, 0.6) is 0 Å². The number of carbonyl (C=O) groups is 1. The molecular weight excluding hydrogens is 338 g/mol. The van der Waals surface area contributed by atoms with Crippen LogP contribution in [0.3, 0.4) is 0 Å². The second kappa shape index (κ2) is 6.48. The molecular formula is C18H10ClN5O. The van der Waals surface area contributed by atoms with Crippen LogP contribution >= 0.6 is 11.6 Å². The molecule has 0 radical (unpaired) electrons. The van der Waals surface area contributed by atoms with Crippen LogP contribution in [0.4, 0.5) is 5.82 Å². The van der Waals surface area contributed by atoms with Crippen molar-refractivity contribution in [2.45, 2.75) is 0 Å². The number of anilines is 1. The van der Waals surface area contributed by atoms with Crippen molar-refractivity contribution < 1.29 is 4.79 Å². The van der Waals surface area contributed by atoms with Gasteiger partial charge in [0, 0.05) is 10.6 Å². The third kappa shape index (κ3) is 2.94. The first-order valence-corrected chi connectivity index (χ1v) is 7.52. The summed E-state index contributed by atoms with van der Waals surface area (Å²) in [5.41, 5.74) is 7.34. The lowest BCUT2D eigenvalue weighted by Gasteiger charge is -2.03. The summed E-state index contributed by atoms with van der Waals surface area (Å²) in [5.74, 6) is -0.364. The topological polar surface area (TPSA) is 108 Å². The zero-order valence-corrected chi connectivity index (χ0v) is 13.5. The van der Waals surface area contributed by atoms with Gasteiger partial charge in [0.15, 0.2) is 5.69 Å². The molecule has 0 fully saturated rings. The van der Waals surface area contributed by atoms with Gasteiger partial charge in [-0.2, -0.15) is 15.6 Å². The fourth-order valence-electron chi connectivity index (χ4n) is 2.31. The van der Waals surface area contributed by atoms with Gasteiger partial charge in [-0.05, 0) is 48.5 Å². The predicted octanol–water partition coefficient (Wildman–Crippen LogP) is 3.08. The van der Waals surface area contributed by atoms with Gasteiger partial charge in [-0.1, -0.05) is 11.6 Å². The minimum atomic E-state index is -0.424. The molecule has 2 N–H and O–H groups in total. The molecule has 1 heterocycles. The second-order valence-electron chi connectivity index (χ2n) is 5.13. The summed E-state index contributed by atoms with van der Waals surface area (Å²) in [5, 5.41) is 23.0. The van der Waals surface area contributed by atoms with Gasteiger partial charge in [-0.25, -0.2) is 4.68 Å². The molecule has 6 nitrogen and oxygen atoms in total. The highest BCUT2D eigenvalue weighted by Gasteiger charge is 2.23. The van der Waals surface area contributed by atoms with E-state index in [1.807, 2.05) is 12.1 Å². The Hall–Kier alpha value is -3.61. The van der Waals surface area contributed by atoms with Crippen molar-refractivity contribution >= 4 is 23.2 Å². The summed E-state index contributed by atoms with van der Waals surface area (Å²) in [6, 6.07) is 16.7. The number of hydrogen-bond acceptors (Lipinski definition) is 5. The van der Waals surface area contributed by atoms with E-state index in [-0.39, 0.29) is 17.1 Å². The lowest BCUT2D eigenvalue weighted by atomic mass is 10.1. The predicted molar refractivity (Wildman–Crippen MR) is 92.3 cm³/mol. The molecule has 2 aromatic carbocycles. The Labute approximate surface area is 148 Å². The first-order valence-electron chi connectivity index (χ1n) is 7.14. The fourth-order valence-corrected chi connectivity index (χ4v) is 2.44. The number of nitrogen functional groups attached to an aromatic ring is 1. The van der Waals surface area contributed by atoms with Crippen LogP contribution in [0.25, 0.3) is 5.69 Å². The van der Waals surface area contributed by atoms with Gasteiger partial charge in [0.05, 0.1) is 17.3 Å². The second-order valence-corrected chi connectivity index (χ2v) is 5.56. The maximum absolute atomic E-state index is 12.7. The summed E-state index contributed by atoms with van der Waals surface area (Å²) < 4.78 is 1.31. The molecule has 0 atom stereocenters. The Morgan fingerprint density at radius 2 is 1.68 bits per heavy atom. The van der Waals surface area contributed by atoms with Gasteiger partial charge in [-0.3, -0.25) is 4.79 Å². The van der Waals surface area contributed by atoms with Crippen molar-refractivity contribution in [3.63, 3.8) is 0 Å². The number of rotatable bonds is 3. The van der Waals surface area contributed by atoms with E-state index in [4.69, 9.17) is 22.6 Å². The summed E-state index contributed by atoms with van der Waals surface area (Å²) in [7, 11) is 0. The highest BCUT2D eigenvalue weighted by atomic mass is 35.5. The molecule has 0 aliphatic rings. The van der Waals surface area contributed by atoms with E-state index in [0.717, 1.165) is 0 Å². The van der Waals surface area contributed by atoms with Crippen molar-refractivity contribution in [1.82, 2.24) is 9.78 Å². The Bertz CT molecular complexity index is 1040. The van der Waals surface area contributed by atoms with Gasteiger partial charge in [0.2, 0.25) is 5.78 Å². The SMILES string of the molecule is N#Cc1ccc(-n2nc(C(=O)c3ccc(Cl)cc3)c(C#N)c2N)cc1. The molecule has 0 spiro atoms. The summed E-state index contributed by atoms with van der Waals surface area (Å²) in [4.78, 5) is 12.7. The van der Waals surface area contributed by atoms with Gasteiger partial charge < -0.3 is 5.73 Å². The van der Waals surface area contributed by atoms with E-state index >= 15 is 0 Å². The van der Waals surface area contributed by atoms with Crippen molar-refractivity contribution in [2.24, 2.45) is 0 Å². The molecule has 3 rings (SSSR count). The van der Waals surface area contributed by atoms with E-state index in [0.29, 0.717) is 21.8 Å². The lowest BCUT2D eigenvalue weighted by Crippen LogP contribution is -2.05. The molecule has 0 saturated carbocycles. The lowest BCUT2D eigenvalue weighted by molar-refractivity contribution is 0.103. The average Bonchev–Trinajstić information content (AvgIpc) is 2.98. The molecule has 0 aliphatic heterocycles. The monoisotopic (exact) mass is 347 g/mol. The normalized spacial score (nSPS) is 10.0. The minimum absolute atomic E-state index is 0.00399. The van der Waals surface area contributed by atoms with Crippen LogP contribution in [0, 0.1) is 22.7 Å². The molecule has 0 aliphatic carbocycles. The van der Waals surface area contributed by atoms with Gasteiger partial charge >= 0.3 is 0 Å². The van der Waals surface area contributed by atoms with Crippen molar-refractivity contribution in [3.8, 4) is 17.8 Å². The number of nitrogens with two attached hydrogens (primary N) is 1. The molecule has 0 amide bonds. The standard InChI is InChI=1S/C18H10ClN5O/c19-13-5-3-12(4-6-13)17(25)16-15(10-21)18(22)24(23-16)14-7-1-11(9-20)2-8-14/h1-8H,22H2. The zero-order chi connectivity index (χ0) is 18.0. The quantitative estimate of drug-likeness (QED) is 0.732. The third-order valence-corrected chi connectivity index (χ3v) is 3.85. The third-order valence-electron chi connectivity index (χ3n) is 3.60. The zero-order valence-electron chi connectivity index (χ0n) is 12.8. The van der Waals surface area contributed by atoms with Gasteiger partial charge in [0.1, 0.15) is 17.5 Å². The van der Waals surface area contributed by atoms with E-state index in [2.05, 4.69) is 5.10 Å². The highest BCUT2D eigenvalue weighted by Crippen LogP contribution is 2.23. The number of hydrogen-bond donors (Lipinski definition) is 1. The molecule has 7 heteroatoms. The van der Waals surface area contributed by atoms with Crippen LogP contribution in [0.1, 0.15) is 27.2 Å². The van der Waals surface area contributed by atoms with Crippen LogP contribution in [-0.2, 0) is 0 Å². The molecule has 0 bridgehead atoms. The Balaban J connectivity index is 2.09. The number of aromatic nitrogens is 2. The number of ketones is 1. The fraction of sp³-hybridized carbons (Fsp3) is 0. The van der Waals surface area contributed by atoms with E-state index in [1.54, 1.807) is 48.5 Å². The van der Waals surface area contributed by atoms with Crippen molar-refractivity contribution in [3.05, 3.63) is 75.9 Å². The molecule has 120 valence electrons. The van der Waals surface area contributed by atoms with Crippen LogP contribution in [0.15, 0.2) is 48.5 Å². The summed E-state index contributed by atoms with van der Waals surface area (Å²) >= 11 is 5.83. The van der Waals surface area contributed by atoms with Crippen LogP contribution in [-0.4, -0.2) is 15.6 Å². The van der Waals surface area contributed by atoms with E-state index < -0.39 is 5.78 Å². The maximum Gasteiger partial charge on any atom is 0.214 e. The average molecular weight is 348 g/mol. The number of benzene rings is 2. The first kappa shape index (κ1) is 16.3. The maximum atomic E-state index is 12.7. The Kier molecular flexibility index (Phi) is 4.21. The number of nitrogens with zero attached hydrogens (tertiary/aromatic N) is 4. The smallest absolute Gasteiger partial charge is 0.214 e. The molecule has 3 aromatic rings. The minimum Gasteiger partial charge on any atom is -0.382 e. The molecule has 1 aromatic heterocycles. The van der Waals surface area contributed by atoms with Crippen molar-refractivity contribution in [2.75, 3.05) is 5.73 Å². The largest absolute Gasteiger partial charge is 0.382 e. The highest BCUT2D eigenvalue weighted by molar-refractivity contribution is 6.30. The van der Waals surface area contributed by atoms with Gasteiger partial charge in [-0.15, -0.1) is 0 Å². The number of halogens is 1.